The van der Waals surface area contributed by atoms with E-state index in [1.54, 1.807) is 6.20 Å². The Morgan fingerprint density at radius 1 is 1.05 bits per heavy atom. The first-order valence-corrected chi connectivity index (χ1v) is 7.01. The Bertz CT molecular complexity index is 473. The van der Waals surface area contributed by atoms with Crippen molar-refractivity contribution >= 4 is 15.9 Å². The highest BCUT2D eigenvalue weighted by Crippen LogP contribution is 2.05. The number of ether oxygens (including phenoxy) is 2. The normalized spacial score (nSPS) is 10.8. The summed E-state index contributed by atoms with van der Waals surface area (Å²) in [5.74, 6) is 0. The van der Waals surface area contributed by atoms with E-state index in [0.717, 1.165) is 11.0 Å². The third-order valence-electron chi connectivity index (χ3n) is 2.55. The van der Waals surface area contributed by atoms with Crippen LogP contribution in [-0.2, 0) is 22.6 Å². The Kier molecular flexibility index (Phi) is 6.07. The number of hydrogen-bond donors (Lipinski definition) is 0. The van der Waals surface area contributed by atoms with E-state index in [1.807, 2.05) is 29.1 Å². The smallest absolute Gasteiger partial charge is 0.0718 e. The predicted octanol–water partition coefficient (Wildman–Crippen LogP) is 2.88. The monoisotopic (exact) mass is 324 g/mol. The van der Waals surface area contributed by atoms with Crippen molar-refractivity contribution in [1.82, 2.24) is 9.78 Å². The summed E-state index contributed by atoms with van der Waals surface area (Å²) < 4.78 is 13.8. The van der Waals surface area contributed by atoms with Gasteiger partial charge in [0, 0.05) is 6.20 Å². The van der Waals surface area contributed by atoms with E-state index in [-0.39, 0.29) is 0 Å². The summed E-state index contributed by atoms with van der Waals surface area (Å²) in [6, 6.07) is 10.1. The fourth-order valence-corrected chi connectivity index (χ4v) is 1.93. The molecule has 0 N–H and O–H groups in total. The van der Waals surface area contributed by atoms with Crippen molar-refractivity contribution in [3.05, 3.63) is 52.8 Å². The van der Waals surface area contributed by atoms with Gasteiger partial charge in [-0.2, -0.15) is 5.10 Å². The number of nitrogens with zero attached hydrogens (tertiary/aromatic N) is 2. The van der Waals surface area contributed by atoms with Crippen LogP contribution >= 0.6 is 15.9 Å². The van der Waals surface area contributed by atoms with Gasteiger partial charge in [-0.05, 0) is 21.5 Å². The average molecular weight is 325 g/mol. The molecule has 2 aromatic rings. The SMILES string of the molecule is Brc1cnn(CCOCCOCc2ccccc2)c1. The van der Waals surface area contributed by atoms with Crippen LogP contribution in [0.3, 0.4) is 0 Å². The van der Waals surface area contributed by atoms with Gasteiger partial charge in [0.15, 0.2) is 0 Å². The van der Waals surface area contributed by atoms with Crippen molar-refractivity contribution < 1.29 is 9.47 Å². The van der Waals surface area contributed by atoms with Gasteiger partial charge in [0.1, 0.15) is 0 Å². The molecular weight excluding hydrogens is 308 g/mol. The highest BCUT2D eigenvalue weighted by atomic mass is 79.9. The number of hydrogen-bond acceptors (Lipinski definition) is 3. The largest absolute Gasteiger partial charge is 0.377 e. The van der Waals surface area contributed by atoms with Crippen molar-refractivity contribution in [1.29, 1.82) is 0 Å². The van der Waals surface area contributed by atoms with E-state index in [4.69, 9.17) is 9.47 Å². The topological polar surface area (TPSA) is 36.3 Å². The first kappa shape index (κ1) is 14.2. The summed E-state index contributed by atoms with van der Waals surface area (Å²) >= 11 is 3.35. The van der Waals surface area contributed by atoms with Gasteiger partial charge < -0.3 is 9.47 Å². The quantitative estimate of drug-likeness (QED) is 0.700. The number of aromatic nitrogens is 2. The predicted molar refractivity (Wildman–Crippen MR) is 76.8 cm³/mol. The highest BCUT2D eigenvalue weighted by Gasteiger charge is 1.96. The minimum atomic E-state index is 0.606. The van der Waals surface area contributed by atoms with Gasteiger partial charge in [0.05, 0.1) is 43.6 Å². The lowest BCUT2D eigenvalue weighted by Crippen LogP contribution is -2.10. The number of rotatable bonds is 8. The molecule has 0 radical (unpaired) electrons. The Morgan fingerprint density at radius 2 is 1.84 bits per heavy atom. The molecule has 0 aliphatic carbocycles. The van der Waals surface area contributed by atoms with Crippen molar-refractivity contribution in [2.45, 2.75) is 13.2 Å². The third kappa shape index (κ3) is 5.55. The van der Waals surface area contributed by atoms with E-state index in [0.29, 0.717) is 26.4 Å². The fourth-order valence-electron chi connectivity index (χ4n) is 1.60. The molecule has 0 spiro atoms. The van der Waals surface area contributed by atoms with Crippen LogP contribution in [0.2, 0.25) is 0 Å². The Hall–Kier alpha value is -1.17. The molecule has 0 bridgehead atoms. The molecule has 4 nitrogen and oxygen atoms in total. The second kappa shape index (κ2) is 8.09. The summed E-state index contributed by atoms with van der Waals surface area (Å²) in [5, 5.41) is 4.15. The van der Waals surface area contributed by atoms with Gasteiger partial charge >= 0.3 is 0 Å². The maximum Gasteiger partial charge on any atom is 0.0718 e. The van der Waals surface area contributed by atoms with Crippen molar-refractivity contribution in [3.63, 3.8) is 0 Å². The first-order chi connectivity index (χ1) is 9.34. The van der Waals surface area contributed by atoms with E-state index < -0.39 is 0 Å². The van der Waals surface area contributed by atoms with Gasteiger partial charge in [0.2, 0.25) is 0 Å². The fraction of sp³-hybridized carbons (Fsp3) is 0.357. The first-order valence-electron chi connectivity index (χ1n) is 6.22. The number of benzene rings is 1. The van der Waals surface area contributed by atoms with Crippen LogP contribution in [0.25, 0.3) is 0 Å². The molecule has 0 fully saturated rings. The van der Waals surface area contributed by atoms with Crippen molar-refractivity contribution in [2.75, 3.05) is 19.8 Å². The van der Waals surface area contributed by atoms with Crippen LogP contribution in [-0.4, -0.2) is 29.6 Å². The molecule has 19 heavy (non-hydrogen) atoms. The molecule has 102 valence electrons. The Balaban J connectivity index is 1.48. The van der Waals surface area contributed by atoms with Crippen LogP contribution < -0.4 is 0 Å². The standard InChI is InChI=1S/C14H17BrN2O2/c15-14-10-16-17(11-14)6-7-18-8-9-19-12-13-4-2-1-3-5-13/h1-5,10-11H,6-9,12H2. The van der Waals surface area contributed by atoms with Gasteiger partial charge in [-0.1, -0.05) is 30.3 Å². The summed E-state index contributed by atoms with van der Waals surface area (Å²) in [4.78, 5) is 0. The lowest BCUT2D eigenvalue weighted by atomic mass is 10.2. The molecule has 5 heteroatoms. The zero-order valence-electron chi connectivity index (χ0n) is 10.7. The van der Waals surface area contributed by atoms with E-state index in [2.05, 4.69) is 33.2 Å². The molecule has 0 aliphatic rings. The summed E-state index contributed by atoms with van der Waals surface area (Å²) in [6.45, 7) is 3.25. The van der Waals surface area contributed by atoms with Gasteiger partial charge in [0.25, 0.3) is 0 Å². The molecule has 1 aromatic heterocycles. The minimum Gasteiger partial charge on any atom is -0.377 e. The second-order valence-corrected chi connectivity index (χ2v) is 4.99. The van der Waals surface area contributed by atoms with Gasteiger partial charge in [-0.3, -0.25) is 4.68 Å². The van der Waals surface area contributed by atoms with Crippen LogP contribution in [0, 0.1) is 0 Å². The summed E-state index contributed by atoms with van der Waals surface area (Å²) in [5.41, 5.74) is 1.18. The van der Waals surface area contributed by atoms with E-state index in [9.17, 15) is 0 Å². The lowest BCUT2D eigenvalue weighted by Gasteiger charge is -2.06. The minimum absolute atomic E-state index is 0.606. The molecule has 2 rings (SSSR count). The van der Waals surface area contributed by atoms with E-state index >= 15 is 0 Å². The summed E-state index contributed by atoms with van der Waals surface area (Å²) in [6.07, 6.45) is 3.69. The molecule has 0 saturated carbocycles. The van der Waals surface area contributed by atoms with E-state index in [1.165, 1.54) is 5.56 Å². The maximum absolute atomic E-state index is 5.52. The molecule has 0 atom stereocenters. The van der Waals surface area contributed by atoms with Crippen molar-refractivity contribution in [2.24, 2.45) is 0 Å². The summed E-state index contributed by atoms with van der Waals surface area (Å²) in [7, 11) is 0. The van der Waals surface area contributed by atoms with Crippen LogP contribution in [0.4, 0.5) is 0 Å². The third-order valence-corrected chi connectivity index (χ3v) is 2.96. The average Bonchev–Trinajstić information content (AvgIpc) is 2.85. The highest BCUT2D eigenvalue weighted by molar-refractivity contribution is 9.10. The van der Waals surface area contributed by atoms with Gasteiger partial charge in [-0.15, -0.1) is 0 Å². The Labute approximate surface area is 121 Å². The molecule has 0 unspecified atom stereocenters. The molecule has 0 amide bonds. The molecule has 0 saturated heterocycles. The molecular formula is C14H17BrN2O2. The maximum atomic E-state index is 5.52. The zero-order valence-corrected chi connectivity index (χ0v) is 12.3. The Morgan fingerprint density at radius 3 is 2.58 bits per heavy atom. The zero-order chi connectivity index (χ0) is 13.3. The molecule has 1 aromatic carbocycles. The molecule has 0 aliphatic heterocycles. The number of halogens is 1. The van der Waals surface area contributed by atoms with Gasteiger partial charge in [-0.25, -0.2) is 0 Å². The van der Waals surface area contributed by atoms with Crippen LogP contribution in [0.15, 0.2) is 47.2 Å². The van der Waals surface area contributed by atoms with Crippen LogP contribution in [0.5, 0.6) is 0 Å². The lowest BCUT2D eigenvalue weighted by molar-refractivity contribution is 0.0372. The van der Waals surface area contributed by atoms with Crippen LogP contribution in [0.1, 0.15) is 5.56 Å². The van der Waals surface area contributed by atoms with Crippen molar-refractivity contribution in [3.8, 4) is 0 Å². The molecule has 1 heterocycles. The second-order valence-electron chi connectivity index (χ2n) is 4.07.